The molecule has 1 amide bonds. The van der Waals surface area contributed by atoms with Crippen molar-refractivity contribution in [3.8, 4) is 5.75 Å². The molecule has 186 valence electrons. The number of hydrogen-bond donors (Lipinski definition) is 0. The van der Waals surface area contributed by atoms with E-state index in [0.717, 1.165) is 25.2 Å². The first-order valence-corrected chi connectivity index (χ1v) is 13.0. The monoisotopic (exact) mass is 614 g/mol. The van der Waals surface area contributed by atoms with E-state index >= 15 is 0 Å². The number of furan rings is 1. The number of carbonyl (C=O) groups is 1. The number of carbonyl (C=O) groups excluding carboxylic acids is 1. The zero-order valence-electron chi connectivity index (χ0n) is 17.9. The Morgan fingerprint density at radius 3 is 2.06 bits per heavy atom. The molecule has 0 unspecified atom stereocenters. The minimum atomic E-state index is -0.195. The SMILES string of the molecule is O=C(c1ccc(COc2c(Cl)c(Cl)c(Cl)c(Cl)c2Cl)o1)N1CCN(Cc2ccc(Cl)c(Cl)c2)CC1. The van der Waals surface area contributed by atoms with E-state index in [1.54, 1.807) is 23.1 Å². The van der Waals surface area contributed by atoms with E-state index in [4.69, 9.17) is 90.4 Å². The van der Waals surface area contributed by atoms with E-state index in [0.29, 0.717) is 28.9 Å². The fraction of sp³-hybridized carbons (Fsp3) is 0.261. The molecule has 0 radical (unpaired) electrons. The molecule has 1 fully saturated rings. The van der Waals surface area contributed by atoms with Gasteiger partial charge >= 0.3 is 0 Å². The van der Waals surface area contributed by atoms with Gasteiger partial charge in [-0.2, -0.15) is 0 Å². The Bertz CT molecular complexity index is 1230. The van der Waals surface area contributed by atoms with Crippen molar-refractivity contribution in [2.24, 2.45) is 0 Å². The second-order valence-electron chi connectivity index (χ2n) is 7.77. The number of ether oxygens (including phenoxy) is 1. The maximum atomic E-state index is 12.9. The summed E-state index contributed by atoms with van der Waals surface area (Å²) in [6.07, 6.45) is 0. The fourth-order valence-electron chi connectivity index (χ4n) is 3.59. The van der Waals surface area contributed by atoms with Crippen LogP contribution in [0.25, 0.3) is 0 Å². The Morgan fingerprint density at radius 2 is 1.43 bits per heavy atom. The van der Waals surface area contributed by atoms with Crippen LogP contribution in [0.4, 0.5) is 0 Å². The smallest absolute Gasteiger partial charge is 0.289 e. The summed E-state index contributed by atoms with van der Waals surface area (Å²) in [5.41, 5.74) is 1.07. The molecule has 4 rings (SSSR count). The van der Waals surface area contributed by atoms with Crippen LogP contribution in [-0.2, 0) is 13.2 Å². The molecule has 0 aliphatic carbocycles. The maximum Gasteiger partial charge on any atom is 0.289 e. The van der Waals surface area contributed by atoms with Gasteiger partial charge in [0.15, 0.2) is 11.5 Å². The van der Waals surface area contributed by atoms with Gasteiger partial charge in [0.1, 0.15) is 22.4 Å². The van der Waals surface area contributed by atoms with Crippen molar-refractivity contribution >= 4 is 87.1 Å². The molecule has 0 spiro atoms. The molecule has 2 aromatic carbocycles. The van der Waals surface area contributed by atoms with Crippen LogP contribution in [0.5, 0.6) is 5.75 Å². The van der Waals surface area contributed by atoms with Crippen molar-refractivity contribution in [1.82, 2.24) is 9.80 Å². The quantitative estimate of drug-likeness (QED) is 0.206. The van der Waals surface area contributed by atoms with Gasteiger partial charge in [-0.25, -0.2) is 0 Å². The lowest BCUT2D eigenvalue weighted by atomic mass is 10.2. The minimum Gasteiger partial charge on any atom is -0.482 e. The van der Waals surface area contributed by atoms with Gasteiger partial charge in [-0.15, -0.1) is 0 Å². The van der Waals surface area contributed by atoms with Gasteiger partial charge in [0.05, 0.1) is 25.1 Å². The molecule has 1 aliphatic rings. The van der Waals surface area contributed by atoms with Crippen molar-refractivity contribution in [3.63, 3.8) is 0 Å². The van der Waals surface area contributed by atoms with E-state index in [1.165, 1.54) is 0 Å². The lowest BCUT2D eigenvalue weighted by Crippen LogP contribution is -2.48. The van der Waals surface area contributed by atoms with Crippen LogP contribution in [0, 0.1) is 0 Å². The molecular formula is C23H17Cl7N2O3. The number of nitrogens with zero attached hydrogens (tertiary/aromatic N) is 2. The third-order valence-corrected chi connectivity index (χ3v) is 8.43. The Hall–Kier alpha value is -1.02. The summed E-state index contributed by atoms with van der Waals surface area (Å²) < 4.78 is 11.4. The highest BCUT2D eigenvalue weighted by molar-refractivity contribution is 6.55. The number of piperazine rings is 1. The van der Waals surface area contributed by atoms with Crippen molar-refractivity contribution in [2.45, 2.75) is 13.2 Å². The molecular weight excluding hydrogens is 600 g/mol. The molecule has 3 aromatic rings. The van der Waals surface area contributed by atoms with Gasteiger partial charge in [-0.1, -0.05) is 87.3 Å². The van der Waals surface area contributed by atoms with Gasteiger partial charge in [-0.3, -0.25) is 9.69 Å². The van der Waals surface area contributed by atoms with E-state index in [2.05, 4.69) is 4.90 Å². The first-order valence-electron chi connectivity index (χ1n) is 10.3. The van der Waals surface area contributed by atoms with E-state index in [9.17, 15) is 4.79 Å². The lowest BCUT2D eigenvalue weighted by molar-refractivity contribution is 0.0594. The summed E-state index contributed by atoms with van der Waals surface area (Å²) >= 11 is 42.6. The lowest BCUT2D eigenvalue weighted by Gasteiger charge is -2.34. The van der Waals surface area contributed by atoms with Crippen molar-refractivity contribution in [3.05, 3.63) is 82.6 Å². The summed E-state index contributed by atoms with van der Waals surface area (Å²) in [6.45, 7) is 3.26. The predicted molar refractivity (Wildman–Crippen MR) is 142 cm³/mol. The van der Waals surface area contributed by atoms with Gasteiger partial charge in [0, 0.05) is 32.7 Å². The summed E-state index contributed by atoms with van der Waals surface area (Å²) in [7, 11) is 0. The molecule has 1 aromatic heterocycles. The molecule has 0 N–H and O–H groups in total. The second kappa shape index (κ2) is 11.6. The topological polar surface area (TPSA) is 45.9 Å². The van der Waals surface area contributed by atoms with Crippen LogP contribution >= 0.6 is 81.2 Å². The molecule has 1 saturated heterocycles. The first-order chi connectivity index (χ1) is 16.7. The maximum absolute atomic E-state index is 12.9. The second-order valence-corrected chi connectivity index (χ2v) is 10.5. The van der Waals surface area contributed by atoms with E-state index in [-0.39, 0.29) is 49.1 Å². The van der Waals surface area contributed by atoms with Gasteiger partial charge in [0.25, 0.3) is 5.91 Å². The highest BCUT2D eigenvalue weighted by Crippen LogP contribution is 2.48. The molecule has 0 saturated carbocycles. The zero-order chi connectivity index (χ0) is 25.3. The number of amides is 1. The number of halogens is 7. The number of hydrogen-bond acceptors (Lipinski definition) is 4. The molecule has 12 heteroatoms. The predicted octanol–water partition coefficient (Wildman–Crippen LogP) is 8.39. The van der Waals surface area contributed by atoms with Crippen LogP contribution in [0.15, 0.2) is 34.7 Å². The highest BCUT2D eigenvalue weighted by atomic mass is 35.5. The van der Waals surface area contributed by atoms with Crippen molar-refractivity contribution in [2.75, 3.05) is 26.2 Å². The van der Waals surface area contributed by atoms with Crippen LogP contribution in [-0.4, -0.2) is 41.9 Å². The molecule has 1 aliphatic heterocycles. The molecule has 2 heterocycles. The molecule has 5 nitrogen and oxygen atoms in total. The molecule has 0 atom stereocenters. The van der Waals surface area contributed by atoms with E-state index in [1.807, 2.05) is 12.1 Å². The third kappa shape index (κ3) is 6.11. The number of benzene rings is 2. The van der Waals surface area contributed by atoms with Crippen LogP contribution < -0.4 is 4.74 Å². The van der Waals surface area contributed by atoms with Gasteiger partial charge in [-0.05, 0) is 29.8 Å². The third-order valence-electron chi connectivity index (χ3n) is 5.45. The van der Waals surface area contributed by atoms with Crippen LogP contribution in [0.3, 0.4) is 0 Å². The molecule has 0 bridgehead atoms. The standard InChI is InChI=1S/C23H17Cl7N2O3/c24-14-3-1-12(9-15(14)25)10-31-5-7-32(8-6-31)23(33)16-4-2-13(35-16)11-34-22-20(29)18(27)17(26)19(28)21(22)30/h1-4,9H,5-8,10-11H2. The normalized spacial score (nSPS) is 14.4. The Labute approximate surface area is 237 Å². The van der Waals surface area contributed by atoms with Crippen LogP contribution in [0.2, 0.25) is 35.2 Å². The van der Waals surface area contributed by atoms with Crippen molar-refractivity contribution in [1.29, 1.82) is 0 Å². The largest absolute Gasteiger partial charge is 0.482 e. The summed E-state index contributed by atoms with van der Waals surface area (Å²) in [6, 6.07) is 8.85. The average Bonchev–Trinajstić information content (AvgIpc) is 3.33. The summed E-state index contributed by atoms with van der Waals surface area (Å²) in [5.74, 6) is 0.501. The zero-order valence-corrected chi connectivity index (χ0v) is 23.2. The Morgan fingerprint density at radius 1 is 0.800 bits per heavy atom. The first kappa shape index (κ1) is 27.0. The van der Waals surface area contributed by atoms with Crippen LogP contribution in [0.1, 0.15) is 21.9 Å². The van der Waals surface area contributed by atoms with Gasteiger partial charge < -0.3 is 14.1 Å². The highest BCUT2D eigenvalue weighted by Gasteiger charge is 2.25. The van der Waals surface area contributed by atoms with Crippen molar-refractivity contribution < 1.29 is 13.9 Å². The number of rotatable bonds is 6. The van der Waals surface area contributed by atoms with Gasteiger partial charge in [0.2, 0.25) is 0 Å². The van der Waals surface area contributed by atoms with E-state index < -0.39 is 0 Å². The Kier molecular flexibility index (Phi) is 8.94. The summed E-state index contributed by atoms with van der Waals surface area (Å²) in [5, 5.41) is 1.24. The molecule has 35 heavy (non-hydrogen) atoms. The Balaban J connectivity index is 1.33. The average molecular weight is 618 g/mol. The summed E-state index contributed by atoms with van der Waals surface area (Å²) in [4.78, 5) is 16.9. The fourth-order valence-corrected chi connectivity index (χ4v) is 5.14. The minimum absolute atomic E-state index is 0.0337.